The summed E-state index contributed by atoms with van der Waals surface area (Å²) in [5.74, 6) is -0.466. The molecular formula is C12H16N4O3S2. The van der Waals surface area contributed by atoms with E-state index in [1.54, 1.807) is 6.92 Å². The van der Waals surface area contributed by atoms with Gasteiger partial charge in [0, 0.05) is 13.6 Å². The van der Waals surface area contributed by atoms with Gasteiger partial charge in [-0.25, -0.2) is 0 Å². The third-order valence-electron chi connectivity index (χ3n) is 2.82. The maximum atomic E-state index is 12.0. The van der Waals surface area contributed by atoms with Crippen molar-refractivity contribution in [2.24, 2.45) is 10.2 Å². The summed E-state index contributed by atoms with van der Waals surface area (Å²) in [6.07, 6.45) is 0. The molecule has 0 aliphatic carbocycles. The minimum absolute atomic E-state index is 0.0366. The third-order valence-corrected chi connectivity index (χ3v) is 4.88. The molecule has 2 saturated heterocycles. The van der Waals surface area contributed by atoms with E-state index in [0.29, 0.717) is 16.9 Å². The monoisotopic (exact) mass is 328 g/mol. The largest absolute Gasteiger partial charge is 0.373 e. The first-order valence-corrected chi connectivity index (χ1v) is 7.97. The number of likely N-dealkylation sites (N-methyl/N-ethyl adjacent to an activating group) is 1. The summed E-state index contributed by atoms with van der Waals surface area (Å²) in [5.41, 5.74) is -0.298. The van der Waals surface area contributed by atoms with Gasteiger partial charge < -0.3 is 5.11 Å². The Hall–Kier alpha value is -1.32. The maximum Gasteiger partial charge on any atom is 0.268 e. The number of hydrogen-bond acceptors (Lipinski definition) is 7. The Morgan fingerprint density at radius 1 is 1.29 bits per heavy atom. The Labute approximate surface area is 131 Å². The summed E-state index contributed by atoms with van der Waals surface area (Å²) in [7, 11) is 1.52. The van der Waals surface area contributed by atoms with E-state index in [0.717, 1.165) is 17.3 Å². The predicted octanol–water partition coefficient (Wildman–Crippen LogP) is 0.677. The molecule has 2 aliphatic heterocycles. The average Bonchev–Trinajstić information content (AvgIpc) is 2.81. The van der Waals surface area contributed by atoms with Crippen molar-refractivity contribution in [1.82, 2.24) is 9.80 Å². The second-order valence-electron chi connectivity index (χ2n) is 4.77. The van der Waals surface area contributed by atoms with Crippen LogP contribution in [0.15, 0.2) is 22.4 Å². The lowest BCUT2D eigenvalue weighted by molar-refractivity contribution is -0.130. The van der Waals surface area contributed by atoms with E-state index in [-0.39, 0.29) is 11.2 Å². The highest BCUT2D eigenvalue weighted by Crippen LogP contribution is 2.28. The van der Waals surface area contributed by atoms with Gasteiger partial charge >= 0.3 is 0 Å². The van der Waals surface area contributed by atoms with Crippen molar-refractivity contribution in [1.29, 1.82) is 0 Å². The smallest absolute Gasteiger partial charge is 0.268 e. The second kappa shape index (κ2) is 6.20. The fraction of sp³-hybridized carbons (Fsp3) is 0.500. The molecule has 0 aromatic heterocycles. The number of carbonyl (C=O) groups is 2. The highest BCUT2D eigenvalue weighted by molar-refractivity contribution is 8.15. The summed E-state index contributed by atoms with van der Waals surface area (Å²) >= 11 is 2.24. The van der Waals surface area contributed by atoms with E-state index in [1.807, 2.05) is 6.92 Å². The predicted molar refractivity (Wildman–Crippen MR) is 84.8 cm³/mol. The Kier molecular flexibility index (Phi) is 4.74. The van der Waals surface area contributed by atoms with Crippen LogP contribution in [0.25, 0.3) is 0 Å². The van der Waals surface area contributed by atoms with E-state index >= 15 is 0 Å². The average molecular weight is 328 g/mol. The van der Waals surface area contributed by atoms with Crippen LogP contribution < -0.4 is 0 Å². The fourth-order valence-corrected chi connectivity index (χ4v) is 3.45. The Balaban J connectivity index is 2.21. The number of carbonyl (C=O) groups excluding carboxylic acids is 2. The molecule has 21 heavy (non-hydrogen) atoms. The van der Waals surface area contributed by atoms with Crippen LogP contribution >= 0.6 is 23.5 Å². The zero-order chi connectivity index (χ0) is 15.7. The van der Waals surface area contributed by atoms with Gasteiger partial charge in [0.1, 0.15) is 0 Å². The zero-order valence-electron chi connectivity index (χ0n) is 11.9. The summed E-state index contributed by atoms with van der Waals surface area (Å²) in [6.45, 7) is 7.83. The molecule has 0 saturated carbocycles. The van der Waals surface area contributed by atoms with Gasteiger partial charge in [0.05, 0.1) is 5.25 Å². The first-order valence-electron chi connectivity index (χ1n) is 6.21. The molecule has 114 valence electrons. The molecule has 2 heterocycles. The summed E-state index contributed by atoms with van der Waals surface area (Å²) in [4.78, 5) is 26.3. The van der Waals surface area contributed by atoms with Gasteiger partial charge in [-0.2, -0.15) is 0 Å². The number of nitrogens with zero attached hydrogens (tertiary/aromatic N) is 4. The highest BCUT2D eigenvalue weighted by Gasteiger charge is 2.36. The van der Waals surface area contributed by atoms with Gasteiger partial charge in [-0.3, -0.25) is 19.4 Å². The molecule has 0 aromatic carbocycles. The van der Waals surface area contributed by atoms with Crippen molar-refractivity contribution in [2.45, 2.75) is 24.5 Å². The summed E-state index contributed by atoms with van der Waals surface area (Å²) < 4.78 is 0. The molecule has 2 atom stereocenters. The number of hydrogen-bond donors (Lipinski definition) is 1. The van der Waals surface area contributed by atoms with Crippen LogP contribution in [-0.4, -0.2) is 61.3 Å². The van der Waals surface area contributed by atoms with Gasteiger partial charge in [0.2, 0.25) is 5.91 Å². The summed E-state index contributed by atoms with van der Waals surface area (Å²) in [6, 6.07) is 0. The van der Waals surface area contributed by atoms with Crippen molar-refractivity contribution in [2.75, 3.05) is 13.6 Å². The lowest BCUT2D eigenvalue weighted by atomic mass is 10.3. The first-order chi connectivity index (χ1) is 9.81. The van der Waals surface area contributed by atoms with Crippen LogP contribution in [0.4, 0.5) is 0 Å². The van der Waals surface area contributed by atoms with Gasteiger partial charge in [0.25, 0.3) is 5.91 Å². The van der Waals surface area contributed by atoms with E-state index in [1.165, 1.54) is 28.6 Å². The second-order valence-corrected chi connectivity index (χ2v) is 7.13. The minimum Gasteiger partial charge on any atom is -0.373 e. The molecule has 7 nitrogen and oxygen atoms in total. The van der Waals surface area contributed by atoms with Crippen LogP contribution in [0, 0.1) is 0 Å². The SMILES string of the molecule is C=C(C)CN1C(=O)C(C)S/C1=N/N=C1/SC(O)C(=O)N1C. The Bertz CT molecular complexity index is 561. The Morgan fingerprint density at radius 2 is 1.90 bits per heavy atom. The number of amidine groups is 2. The molecule has 2 aliphatic rings. The first kappa shape index (κ1) is 16.1. The minimum atomic E-state index is -1.14. The molecule has 2 fully saturated rings. The normalized spacial score (nSPS) is 30.1. The van der Waals surface area contributed by atoms with Crippen LogP contribution in [0.1, 0.15) is 13.8 Å². The van der Waals surface area contributed by atoms with Gasteiger partial charge in [-0.15, -0.1) is 10.2 Å². The quantitative estimate of drug-likeness (QED) is 0.608. The standard InChI is InChI=1S/C12H16N4O3S2/c1-6(2)5-16-8(17)7(3)20-12(16)14-13-11-15(4)9(18)10(19)21-11/h7,10,19H,1,5H2,2-4H3/b13-11+,14-12+. The molecule has 2 amide bonds. The van der Waals surface area contributed by atoms with Crippen molar-refractivity contribution in [3.05, 3.63) is 12.2 Å². The fourth-order valence-electron chi connectivity index (χ4n) is 1.74. The number of amides is 2. The molecule has 2 unspecified atom stereocenters. The zero-order valence-corrected chi connectivity index (χ0v) is 13.6. The molecule has 1 N–H and O–H groups in total. The lowest BCUT2D eigenvalue weighted by Crippen LogP contribution is -2.32. The van der Waals surface area contributed by atoms with Crippen molar-refractivity contribution < 1.29 is 14.7 Å². The lowest BCUT2D eigenvalue weighted by Gasteiger charge is -2.15. The molecule has 0 spiro atoms. The number of thioether (sulfide) groups is 2. The molecule has 2 rings (SSSR count). The highest BCUT2D eigenvalue weighted by atomic mass is 32.2. The van der Waals surface area contributed by atoms with Crippen LogP contribution in [0.2, 0.25) is 0 Å². The maximum absolute atomic E-state index is 12.0. The molecular weight excluding hydrogens is 312 g/mol. The van der Waals surface area contributed by atoms with Crippen LogP contribution in [-0.2, 0) is 9.59 Å². The molecule has 0 aromatic rings. The van der Waals surface area contributed by atoms with Crippen molar-refractivity contribution >= 4 is 45.7 Å². The topological polar surface area (TPSA) is 85.6 Å². The molecule has 0 bridgehead atoms. The van der Waals surface area contributed by atoms with Gasteiger partial charge in [-0.05, 0) is 25.6 Å². The molecule has 0 radical (unpaired) electrons. The van der Waals surface area contributed by atoms with Crippen molar-refractivity contribution in [3.8, 4) is 0 Å². The summed E-state index contributed by atoms with van der Waals surface area (Å²) in [5, 5.41) is 18.1. The number of rotatable bonds is 3. The van der Waals surface area contributed by atoms with Gasteiger partial charge in [0.15, 0.2) is 15.8 Å². The number of aliphatic hydroxyl groups is 1. The molecule has 9 heteroatoms. The third kappa shape index (κ3) is 3.30. The van der Waals surface area contributed by atoms with Gasteiger partial charge in [-0.1, -0.05) is 23.9 Å². The van der Waals surface area contributed by atoms with Crippen LogP contribution in [0.3, 0.4) is 0 Å². The number of aliphatic hydroxyl groups excluding tert-OH is 1. The van der Waals surface area contributed by atoms with E-state index < -0.39 is 11.3 Å². The van der Waals surface area contributed by atoms with E-state index in [9.17, 15) is 14.7 Å². The van der Waals surface area contributed by atoms with E-state index in [2.05, 4.69) is 16.8 Å². The van der Waals surface area contributed by atoms with Crippen LogP contribution in [0.5, 0.6) is 0 Å². The van der Waals surface area contributed by atoms with E-state index in [4.69, 9.17) is 0 Å². The Morgan fingerprint density at radius 3 is 2.43 bits per heavy atom. The van der Waals surface area contributed by atoms with Crippen molar-refractivity contribution in [3.63, 3.8) is 0 Å².